The van der Waals surface area contributed by atoms with Crippen LogP contribution in [0.15, 0.2) is 23.0 Å². The number of carbonyl (C=O) groups excluding carboxylic acids is 1. The van der Waals surface area contributed by atoms with E-state index in [-0.39, 0.29) is 5.97 Å². The summed E-state index contributed by atoms with van der Waals surface area (Å²) in [5.41, 5.74) is 2.62. The molecule has 0 radical (unpaired) electrons. The third-order valence-corrected chi connectivity index (χ3v) is 2.80. The van der Waals surface area contributed by atoms with Gasteiger partial charge in [-0.05, 0) is 27.2 Å². The summed E-state index contributed by atoms with van der Waals surface area (Å²) in [6.45, 7) is 8.00. The number of carbonyl (C=O) groups is 1. The monoisotopic (exact) mass is 277 g/mol. The Kier molecular flexibility index (Phi) is 6.15. The Morgan fingerprint density at radius 1 is 1.50 bits per heavy atom. The van der Waals surface area contributed by atoms with Crippen molar-refractivity contribution in [2.24, 2.45) is 12.0 Å². The zero-order chi connectivity index (χ0) is 15.1. The summed E-state index contributed by atoms with van der Waals surface area (Å²) in [6.07, 6.45) is 5.88. The van der Waals surface area contributed by atoms with Gasteiger partial charge >= 0.3 is 5.97 Å². The molecular weight excluding hydrogens is 254 g/mol. The van der Waals surface area contributed by atoms with Gasteiger partial charge in [0.1, 0.15) is 0 Å². The number of ether oxygens (including phenoxy) is 1. The van der Waals surface area contributed by atoms with E-state index in [0.29, 0.717) is 23.5 Å². The zero-order valence-electron chi connectivity index (χ0n) is 12.9. The van der Waals surface area contributed by atoms with Crippen molar-refractivity contribution in [3.05, 3.63) is 34.8 Å². The summed E-state index contributed by atoms with van der Waals surface area (Å²) >= 11 is 0. The maximum Gasteiger partial charge on any atom is 0.341 e. The van der Waals surface area contributed by atoms with E-state index in [1.165, 1.54) is 0 Å². The summed E-state index contributed by atoms with van der Waals surface area (Å²) < 4.78 is 6.74. The summed E-state index contributed by atoms with van der Waals surface area (Å²) in [7, 11) is 1.82. The first-order valence-electron chi connectivity index (χ1n) is 6.92. The average Bonchev–Trinajstić information content (AvgIpc) is 2.40. The number of nitrogens with zero attached hydrogens (tertiary/aromatic N) is 3. The van der Waals surface area contributed by atoms with Gasteiger partial charge < -0.3 is 9.30 Å². The first-order valence-corrected chi connectivity index (χ1v) is 6.92. The van der Waals surface area contributed by atoms with Gasteiger partial charge in [0.2, 0.25) is 5.62 Å². The predicted octanol–water partition coefficient (Wildman–Crippen LogP) is 2.51. The van der Waals surface area contributed by atoms with Gasteiger partial charge in [-0.1, -0.05) is 19.4 Å². The zero-order valence-corrected chi connectivity index (χ0v) is 12.9. The molecule has 0 spiro atoms. The fraction of sp³-hybridized carbons (Fsp3) is 0.533. The van der Waals surface area contributed by atoms with Crippen molar-refractivity contribution >= 4 is 5.97 Å². The van der Waals surface area contributed by atoms with Gasteiger partial charge in [0.05, 0.1) is 17.9 Å². The number of allylic oxidation sites excluding steroid dienone is 2. The Hall–Kier alpha value is -1.91. The number of rotatable bonds is 5. The van der Waals surface area contributed by atoms with Crippen LogP contribution in [0.1, 0.15) is 49.7 Å². The lowest BCUT2D eigenvalue weighted by Crippen LogP contribution is -2.25. The highest BCUT2D eigenvalue weighted by molar-refractivity contribution is 5.90. The first kappa shape index (κ1) is 16.1. The van der Waals surface area contributed by atoms with Gasteiger partial charge in [0, 0.05) is 18.9 Å². The van der Waals surface area contributed by atoms with Crippen molar-refractivity contribution in [3.8, 4) is 0 Å². The van der Waals surface area contributed by atoms with Gasteiger partial charge in [-0.25, -0.2) is 14.8 Å². The molecule has 1 aromatic heterocycles. The Morgan fingerprint density at radius 3 is 2.80 bits per heavy atom. The minimum atomic E-state index is -0.349. The van der Waals surface area contributed by atoms with E-state index in [9.17, 15) is 4.79 Å². The molecule has 0 aliphatic carbocycles. The van der Waals surface area contributed by atoms with Crippen molar-refractivity contribution in [1.29, 1.82) is 0 Å². The normalized spacial score (nSPS) is 12.7. The SMILES string of the molecule is CCC/C=C(\C)N=c1nc(C)c(C(=O)OCC)cn1C. The molecular formula is C15H23N3O2. The van der Waals surface area contributed by atoms with E-state index < -0.39 is 0 Å². The number of hydrogen-bond donors (Lipinski definition) is 0. The smallest absolute Gasteiger partial charge is 0.341 e. The molecule has 1 aromatic rings. The van der Waals surface area contributed by atoms with Crippen molar-refractivity contribution in [3.63, 3.8) is 0 Å². The van der Waals surface area contributed by atoms with Gasteiger partial charge in [0.15, 0.2) is 0 Å². The summed E-state index contributed by atoms with van der Waals surface area (Å²) in [5, 5.41) is 0. The lowest BCUT2D eigenvalue weighted by atomic mass is 10.2. The molecule has 0 saturated carbocycles. The van der Waals surface area contributed by atoms with E-state index in [4.69, 9.17) is 4.74 Å². The predicted molar refractivity (Wildman–Crippen MR) is 78.1 cm³/mol. The van der Waals surface area contributed by atoms with E-state index >= 15 is 0 Å². The van der Waals surface area contributed by atoms with Crippen molar-refractivity contribution < 1.29 is 9.53 Å². The van der Waals surface area contributed by atoms with Crippen LogP contribution in [-0.4, -0.2) is 22.1 Å². The molecule has 110 valence electrons. The van der Waals surface area contributed by atoms with Crippen LogP contribution in [0.5, 0.6) is 0 Å². The largest absolute Gasteiger partial charge is 0.462 e. The quantitative estimate of drug-likeness (QED) is 0.777. The number of unbranched alkanes of at least 4 members (excludes halogenated alkanes) is 1. The van der Waals surface area contributed by atoms with Crippen LogP contribution in [0.3, 0.4) is 0 Å². The molecule has 1 rings (SSSR count). The highest BCUT2D eigenvalue weighted by Crippen LogP contribution is 2.04. The van der Waals surface area contributed by atoms with Crippen LogP contribution in [0.4, 0.5) is 0 Å². The molecule has 0 bridgehead atoms. The molecule has 0 atom stereocenters. The molecule has 0 amide bonds. The third-order valence-electron chi connectivity index (χ3n) is 2.80. The molecule has 5 heteroatoms. The Morgan fingerprint density at radius 2 is 2.20 bits per heavy atom. The number of hydrogen-bond acceptors (Lipinski definition) is 4. The Bertz CT molecular complexity index is 571. The molecule has 5 nitrogen and oxygen atoms in total. The third kappa shape index (κ3) is 4.33. The molecule has 20 heavy (non-hydrogen) atoms. The first-order chi connectivity index (χ1) is 9.49. The maximum absolute atomic E-state index is 11.8. The second-order valence-electron chi connectivity index (χ2n) is 4.62. The second kappa shape index (κ2) is 7.62. The number of aromatic nitrogens is 2. The van der Waals surface area contributed by atoms with Crippen LogP contribution in [0.25, 0.3) is 0 Å². The lowest BCUT2D eigenvalue weighted by molar-refractivity contribution is 0.0523. The molecule has 0 N–H and O–H groups in total. The molecule has 0 aliphatic heterocycles. The summed E-state index contributed by atoms with van der Waals surface area (Å²) in [6, 6.07) is 0. The van der Waals surface area contributed by atoms with Crippen molar-refractivity contribution in [1.82, 2.24) is 9.55 Å². The summed E-state index contributed by atoms with van der Waals surface area (Å²) in [4.78, 5) is 20.6. The van der Waals surface area contributed by atoms with E-state index in [0.717, 1.165) is 18.5 Å². The highest BCUT2D eigenvalue weighted by atomic mass is 16.5. The molecule has 0 unspecified atom stereocenters. The van der Waals surface area contributed by atoms with Gasteiger partial charge in [-0.15, -0.1) is 0 Å². The fourth-order valence-electron chi connectivity index (χ4n) is 1.70. The van der Waals surface area contributed by atoms with Crippen LogP contribution in [0.2, 0.25) is 0 Å². The molecule has 0 fully saturated rings. The lowest BCUT2D eigenvalue weighted by Gasteiger charge is -2.07. The fourth-order valence-corrected chi connectivity index (χ4v) is 1.70. The standard InChI is InChI=1S/C15H23N3O2/c1-6-8-9-11(3)16-15-17-12(4)13(10-18(15)5)14(19)20-7-2/h9-10H,6-8H2,1-5H3/b11-9+,16-15?. The van der Waals surface area contributed by atoms with Crippen molar-refractivity contribution in [2.75, 3.05) is 6.61 Å². The molecule has 0 aromatic carbocycles. The van der Waals surface area contributed by atoms with Gasteiger partial charge in [-0.2, -0.15) is 0 Å². The highest BCUT2D eigenvalue weighted by Gasteiger charge is 2.12. The topological polar surface area (TPSA) is 56.5 Å². The Balaban J connectivity index is 3.17. The van der Waals surface area contributed by atoms with E-state index in [1.54, 1.807) is 24.6 Å². The number of aryl methyl sites for hydroxylation is 2. The average molecular weight is 277 g/mol. The van der Waals surface area contributed by atoms with Crippen LogP contribution >= 0.6 is 0 Å². The summed E-state index contributed by atoms with van der Waals surface area (Å²) in [5.74, 6) is -0.349. The van der Waals surface area contributed by atoms with Gasteiger partial charge in [-0.3, -0.25) is 0 Å². The minimum Gasteiger partial charge on any atom is -0.462 e. The van der Waals surface area contributed by atoms with Crippen molar-refractivity contribution in [2.45, 2.75) is 40.5 Å². The maximum atomic E-state index is 11.8. The minimum absolute atomic E-state index is 0.349. The van der Waals surface area contributed by atoms with Crippen LogP contribution in [-0.2, 0) is 11.8 Å². The molecule has 0 saturated heterocycles. The Labute approximate surface area is 120 Å². The second-order valence-corrected chi connectivity index (χ2v) is 4.62. The molecule has 1 heterocycles. The number of esters is 1. The van der Waals surface area contributed by atoms with E-state index in [2.05, 4.69) is 23.0 Å². The van der Waals surface area contributed by atoms with Gasteiger partial charge in [0.25, 0.3) is 0 Å². The van der Waals surface area contributed by atoms with E-state index in [1.807, 2.05) is 14.0 Å². The van der Waals surface area contributed by atoms with Crippen LogP contribution < -0.4 is 5.62 Å². The van der Waals surface area contributed by atoms with Crippen LogP contribution in [0, 0.1) is 6.92 Å². The molecule has 0 aliphatic rings.